The zero-order chi connectivity index (χ0) is 14.1. The minimum absolute atomic E-state index is 0.0439. The second-order valence-corrected chi connectivity index (χ2v) is 3.79. The van der Waals surface area contributed by atoms with Gasteiger partial charge in [0.15, 0.2) is 0 Å². The van der Waals surface area contributed by atoms with E-state index in [0.29, 0.717) is 12.3 Å². The van der Waals surface area contributed by atoms with Crippen molar-refractivity contribution in [1.29, 1.82) is 0 Å². The minimum Gasteiger partial charge on any atom is -0.374 e. The number of nitro groups is 1. The van der Waals surface area contributed by atoms with Gasteiger partial charge in [0.1, 0.15) is 6.54 Å². The van der Waals surface area contributed by atoms with Crippen LogP contribution in [-0.4, -0.2) is 24.0 Å². The Bertz CT molecular complexity index is 436. The first-order valence-electron chi connectivity index (χ1n) is 5.94. The lowest BCUT2D eigenvalue weighted by atomic mass is 10.3. The SMILES string of the molecule is CCCCOOC(=O)CNc1cccc([N+](=O)[O-])c1. The highest BCUT2D eigenvalue weighted by Gasteiger charge is 2.07. The fraction of sp³-hybridized carbons (Fsp3) is 0.417. The first-order chi connectivity index (χ1) is 9.13. The molecule has 1 aromatic carbocycles. The van der Waals surface area contributed by atoms with Gasteiger partial charge >= 0.3 is 5.97 Å². The molecule has 0 unspecified atom stereocenters. The molecular weight excluding hydrogens is 252 g/mol. The number of benzene rings is 1. The molecular formula is C12H16N2O5. The van der Waals surface area contributed by atoms with Crippen molar-refractivity contribution in [1.82, 2.24) is 0 Å². The predicted molar refractivity (Wildman–Crippen MR) is 68.5 cm³/mol. The molecule has 19 heavy (non-hydrogen) atoms. The molecule has 0 aromatic heterocycles. The lowest BCUT2D eigenvalue weighted by Gasteiger charge is -2.05. The fourth-order valence-electron chi connectivity index (χ4n) is 1.24. The van der Waals surface area contributed by atoms with Gasteiger partial charge in [0.2, 0.25) is 0 Å². The average molecular weight is 268 g/mol. The second kappa shape index (κ2) is 8.04. The van der Waals surface area contributed by atoms with E-state index in [4.69, 9.17) is 0 Å². The number of nitro benzene ring substituents is 1. The third kappa shape index (κ3) is 5.82. The summed E-state index contributed by atoms with van der Waals surface area (Å²) in [6.45, 7) is 2.24. The summed E-state index contributed by atoms with van der Waals surface area (Å²) in [5.41, 5.74) is 0.428. The molecule has 0 heterocycles. The van der Waals surface area contributed by atoms with Crippen molar-refractivity contribution in [3.05, 3.63) is 34.4 Å². The summed E-state index contributed by atoms with van der Waals surface area (Å²) in [6, 6.07) is 5.87. The van der Waals surface area contributed by atoms with Crippen LogP contribution in [-0.2, 0) is 14.6 Å². The van der Waals surface area contributed by atoms with Gasteiger partial charge in [0.25, 0.3) is 5.69 Å². The smallest absolute Gasteiger partial charge is 0.361 e. The van der Waals surface area contributed by atoms with E-state index in [1.165, 1.54) is 18.2 Å². The first kappa shape index (κ1) is 14.9. The van der Waals surface area contributed by atoms with E-state index in [1.54, 1.807) is 6.07 Å². The van der Waals surface area contributed by atoms with Crippen LogP contribution in [0.3, 0.4) is 0 Å². The topological polar surface area (TPSA) is 90.7 Å². The highest BCUT2D eigenvalue weighted by Crippen LogP contribution is 2.16. The van der Waals surface area contributed by atoms with Crippen LogP contribution in [0.2, 0.25) is 0 Å². The highest BCUT2D eigenvalue weighted by molar-refractivity contribution is 5.74. The molecule has 0 fully saturated rings. The van der Waals surface area contributed by atoms with Gasteiger partial charge in [-0.15, -0.1) is 0 Å². The van der Waals surface area contributed by atoms with E-state index >= 15 is 0 Å². The third-order valence-electron chi connectivity index (χ3n) is 2.23. The van der Waals surface area contributed by atoms with Crippen LogP contribution >= 0.6 is 0 Å². The molecule has 1 aromatic rings. The monoisotopic (exact) mass is 268 g/mol. The summed E-state index contributed by atoms with van der Waals surface area (Å²) in [6.07, 6.45) is 1.76. The standard InChI is InChI=1S/C12H16N2O5/c1-2-3-7-18-19-12(15)9-13-10-5-4-6-11(8-10)14(16)17/h4-6,8,13H,2-3,7,9H2,1H3. The number of rotatable bonds is 8. The quantitative estimate of drug-likeness (QED) is 0.336. The van der Waals surface area contributed by atoms with E-state index in [-0.39, 0.29) is 12.2 Å². The first-order valence-corrected chi connectivity index (χ1v) is 5.94. The van der Waals surface area contributed by atoms with Crippen LogP contribution < -0.4 is 5.32 Å². The van der Waals surface area contributed by atoms with Crippen LogP contribution in [0.25, 0.3) is 0 Å². The summed E-state index contributed by atoms with van der Waals surface area (Å²) >= 11 is 0. The third-order valence-corrected chi connectivity index (χ3v) is 2.23. The summed E-state index contributed by atoms with van der Waals surface area (Å²) in [4.78, 5) is 30.5. The Morgan fingerprint density at radius 3 is 2.95 bits per heavy atom. The number of anilines is 1. The Morgan fingerprint density at radius 1 is 1.47 bits per heavy atom. The maximum atomic E-state index is 11.3. The zero-order valence-corrected chi connectivity index (χ0v) is 10.6. The van der Waals surface area contributed by atoms with Crippen LogP contribution in [0.4, 0.5) is 11.4 Å². The van der Waals surface area contributed by atoms with Crippen molar-refractivity contribution in [3.8, 4) is 0 Å². The number of nitrogens with one attached hydrogen (secondary N) is 1. The second-order valence-electron chi connectivity index (χ2n) is 3.79. The maximum absolute atomic E-state index is 11.3. The van der Waals surface area contributed by atoms with E-state index in [1.807, 2.05) is 6.92 Å². The molecule has 7 heteroatoms. The molecule has 0 bridgehead atoms. The van der Waals surface area contributed by atoms with Gasteiger partial charge in [-0.3, -0.25) is 15.0 Å². The normalized spacial score (nSPS) is 9.95. The van der Waals surface area contributed by atoms with Crippen molar-refractivity contribution in [2.24, 2.45) is 0 Å². The lowest BCUT2D eigenvalue weighted by Crippen LogP contribution is -2.17. The van der Waals surface area contributed by atoms with Gasteiger partial charge < -0.3 is 5.32 Å². The van der Waals surface area contributed by atoms with E-state index in [2.05, 4.69) is 15.1 Å². The molecule has 1 rings (SSSR count). The van der Waals surface area contributed by atoms with Gasteiger partial charge in [0, 0.05) is 17.8 Å². The molecule has 0 aliphatic heterocycles. The highest BCUT2D eigenvalue weighted by atomic mass is 17.2. The molecule has 0 spiro atoms. The van der Waals surface area contributed by atoms with Crippen LogP contribution in [0, 0.1) is 10.1 Å². The molecule has 0 radical (unpaired) electrons. The van der Waals surface area contributed by atoms with Gasteiger partial charge in [-0.1, -0.05) is 19.4 Å². The molecule has 1 N–H and O–H groups in total. The average Bonchev–Trinajstić information content (AvgIpc) is 2.41. The molecule has 0 aliphatic carbocycles. The Kier molecular flexibility index (Phi) is 6.31. The van der Waals surface area contributed by atoms with Crippen LogP contribution in [0.15, 0.2) is 24.3 Å². The number of unbranched alkanes of at least 4 members (excludes halogenated alkanes) is 1. The fourth-order valence-corrected chi connectivity index (χ4v) is 1.24. The Morgan fingerprint density at radius 2 is 2.26 bits per heavy atom. The maximum Gasteiger partial charge on any atom is 0.361 e. The Labute approximate surface area is 110 Å². The van der Waals surface area contributed by atoms with E-state index in [9.17, 15) is 14.9 Å². The summed E-state index contributed by atoms with van der Waals surface area (Å²) in [5, 5.41) is 13.3. The number of carbonyl (C=O) groups is 1. The van der Waals surface area contributed by atoms with E-state index < -0.39 is 10.9 Å². The minimum atomic E-state index is -0.581. The molecule has 104 valence electrons. The molecule has 0 saturated heterocycles. The van der Waals surface area contributed by atoms with Crippen LogP contribution in [0.5, 0.6) is 0 Å². The van der Waals surface area contributed by atoms with Gasteiger partial charge in [-0.2, -0.15) is 4.89 Å². The molecule has 7 nitrogen and oxygen atoms in total. The van der Waals surface area contributed by atoms with Gasteiger partial charge in [0.05, 0.1) is 11.5 Å². The lowest BCUT2D eigenvalue weighted by molar-refractivity contribution is -0.384. The van der Waals surface area contributed by atoms with Crippen molar-refractivity contribution >= 4 is 17.3 Å². The van der Waals surface area contributed by atoms with Gasteiger partial charge in [-0.25, -0.2) is 4.79 Å². The molecule has 0 amide bonds. The summed E-state index contributed by atoms with van der Waals surface area (Å²) < 4.78 is 0. The van der Waals surface area contributed by atoms with Crippen molar-refractivity contribution in [2.75, 3.05) is 18.5 Å². The number of nitrogens with zero attached hydrogens (tertiary/aromatic N) is 1. The molecule has 0 atom stereocenters. The summed E-state index contributed by atoms with van der Waals surface area (Å²) in [5.74, 6) is -0.581. The number of hydrogen-bond acceptors (Lipinski definition) is 6. The van der Waals surface area contributed by atoms with Crippen molar-refractivity contribution < 1.29 is 19.5 Å². The molecule has 0 aliphatic rings. The number of non-ortho nitro benzene ring substituents is 1. The van der Waals surface area contributed by atoms with Gasteiger partial charge in [-0.05, 0) is 12.5 Å². The number of carbonyl (C=O) groups excluding carboxylic acids is 1. The predicted octanol–water partition coefficient (Wildman–Crippen LogP) is 2.28. The van der Waals surface area contributed by atoms with Crippen LogP contribution in [0.1, 0.15) is 19.8 Å². The van der Waals surface area contributed by atoms with Crippen molar-refractivity contribution in [3.63, 3.8) is 0 Å². The Hall–Kier alpha value is -2.15. The van der Waals surface area contributed by atoms with E-state index in [0.717, 1.165) is 12.8 Å². The largest absolute Gasteiger partial charge is 0.374 e. The summed E-state index contributed by atoms with van der Waals surface area (Å²) in [7, 11) is 0. The number of hydrogen-bond donors (Lipinski definition) is 1. The van der Waals surface area contributed by atoms with Crippen molar-refractivity contribution in [2.45, 2.75) is 19.8 Å². The molecule has 0 saturated carbocycles. The Balaban J connectivity index is 2.33. The zero-order valence-electron chi connectivity index (χ0n) is 10.6.